The van der Waals surface area contributed by atoms with Gasteiger partial charge in [0.15, 0.2) is 0 Å². The molecule has 15 nitrogen and oxygen atoms in total. The van der Waals surface area contributed by atoms with Crippen molar-refractivity contribution >= 4 is 24.4 Å². The third kappa shape index (κ3) is 22.0. The molecule has 1 saturated heterocycles. The van der Waals surface area contributed by atoms with Gasteiger partial charge < -0.3 is 48.8 Å². The maximum absolute atomic E-state index is 12.0. The summed E-state index contributed by atoms with van der Waals surface area (Å²) in [6.07, 6.45) is 18.0. The molecule has 0 unspecified atom stereocenters. The van der Waals surface area contributed by atoms with Crippen LogP contribution in [0.5, 0.6) is 0 Å². The van der Waals surface area contributed by atoms with Crippen LogP contribution in [0.15, 0.2) is 55.6 Å². The fourth-order valence-corrected chi connectivity index (χ4v) is 7.27. The summed E-state index contributed by atoms with van der Waals surface area (Å²) >= 11 is 0. The Labute approximate surface area is 396 Å². The van der Waals surface area contributed by atoms with E-state index in [0.717, 1.165) is 63.3 Å². The normalized spacial score (nSPS) is 22.5. The lowest BCUT2D eigenvalue weighted by Crippen LogP contribution is -2.50. The second-order valence-electron chi connectivity index (χ2n) is 20.9. The van der Waals surface area contributed by atoms with Gasteiger partial charge in [0.1, 0.15) is 16.8 Å². The molecule has 0 aromatic carbocycles. The summed E-state index contributed by atoms with van der Waals surface area (Å²) in [5.74, 6) is 0.821. The van der Waals surface area contributed by atoms with Crippen molar-refractivity contribution in [3.63, 3.8) is 0 Å². The summed E-state index contributed by atoms with van der Waals surface area (Å²) in [6.45, 7) is 24.3. The van der Waals surface area contributed by atoms with Crippen LogP contribution < -0.4 is 5.32 Å². The van der Waals surface area contributed by atoms with Crippen LogP contribution in [0.1, 0.15) is 131 Å². The van der Waals surface area contributed by atoms with Gasteiger partial charge in [-0.15, -0.1) is 0 Å². The minimum atomic E-state index is -0.451. The summed E-state index contributed by atoms with van der Waals surface area (Å²) in [5.41, 5.74) is 1.01. The molecule has 6 rings (SSSR count). The van der Waals surface area contributed by atoms with E-state index in [1.807, 2.05) is 93.6 Å². The minimum Gasteiger partial charge on any atom is -0.444 e. The molecule has 66 heavy (non-hydrogen) atoms. The predicted octanol–water partition coefficient (Wildman–Crippen LogP) is 8.93. The van der Waals surface area contributed by atoms with Crippen LogP contribution in [0.25, 0.3) is 6.08 Å². The number of carbonyl (C=O) groups is 3. The van der Waals surface area contributed by atoms with E-state index in [1.165, 1.54) is 24.8 Å². The number of aliphatic hydroxyl groups excluding tert-OH is 1. The van der Waals surface area contributed by atoms with E-state index in [-0.39, 0.29) is 48.6 Å². The monoisotopic (exact) mass is 925 g/mol. The first-order valence-corrected chi connectivity index (χ1v) is 23.8. The fourth-order valence-electron chi connectivity index (χ4n) is 7.27. The number of pyridine rings is 2. The molecule has 0 bridgehead atoms. The topological polar surface area (TPSA) is 165 Å². The zero-order chi connectivity index (χ0) is 49.1. The van der Waals surface area contributed by atoms with Crippen LogP contribution >= 0.6 is 0 Å². The number of nitrogens with zero attached hydrogens (tertiary/aromatic N) is 5. The lowest BCUT2D eigenvalue weighted by atomic mass is 9.88. The number of hydrogen-bond donors (Lipinski definition) is 2. The lowest BCUT2D eigenvalue weighted by Gasteiger charge is -2.41. The summed E-state index contributed by atoms with van der Waals surface area (Å²) in [4.78, 5) is 48.3. The van der Waals surface area contributed by atoms with Crippen molar-refractivity contribution in [1.29, 1.82) is 0 Å². The molecule has 4 aliphatic rings. The Balaban J connectivity index is 0.000000247. The Bertz CT molecular complexity index is 1710. The van der Waals surface area contributed by atoms with Gasteiger partial charge in [0.05, 0.1) is 24.9 Å². The standard InChI is InChI=1S/C17H32N2O3.C17H26N2O3.C10H19NO3.C7H7N/c2*1-17(2,3)22-16(20)19(4)14-11-15(12-14)21-10-7-13-5-8-18-9-6-13;1-10(2,3)14-9(13)11(4)7-5-8(12)6-7;1-2-7-3-5-8-6-4-7/h13-15,18H,5-12H2,1-4H3;5-6,8-9,14-15H,7,10-12H2,1-4H3;7-8,12H,5-6H2,1-4H3;2-6H,1H2. The molecule has 2 aromatic rings. The van der Waals surface area contributed by atoms with Crippen LogP contribution in [-0.4, -0.2) is 149 Å². The summed E-state index contributed by atoms with van der Waals surface area (Å²) < 4.78 is 27.7. The molecule has 2 aromatic heterocycles. The van der Waals surface area contributed by atoms with Gasteiger partial charge in [-0.25, -0.2) is 14.4 Å². The average Bonchev–Trinajstić information content (AvgIpc) is 3.20. The van der Waals surface area contributed by atoms with Crippen molar-refractivity contribution in [1.82, 2.24) is 30.0 Å². The van der Waals surface area contributed by atoms with E-state index in [0.29, 0.717) is 25.6 Å². The third-order valence-corrected chi connectivity index (χ3v) is 11.7. The zero-order valence-corrected chi connectivity index (χ0v) is 42.3. The largest absolute Gasteiger partial charge is 0.444 e. The third-order valence-electron chi connectivity index (χ3n) is 11.7. The number of nitrogens with one attached hydrogen (secondary N) is 1. The first kappa shape index (κ1) is 56.0. The SMILES string of the molecule is C=Cc1ccncc1.CN(C(=O)OC(C)(C)C)C1CC(O)C1.CN(C(=O)OC(C)(C)C)C1CC(OCCC2CCNCC2)C1.CN(C(=O)OC(C)(C)C)C1CC(OCCc2ccncc2)C1. The van der Waals surface area contributed by atoms with Gasteiger partial charge in [-0.1, -0.05) is 12.7 Å². The number of ether oxygens (including phenoxy) is 5. The van der Waals surface area contributed by atoms with Crippen molar-refractivity contribution in [2.24, 2.45) is 5.92 Å². The van der Waals surface area contributed by atoms with Crippen molar-refractivity contribution in [3.05, 3.63) is 66.8 Å². The maximum Gasteiger partial charge on any atom is 0.410 e. The smallest absolute Gasteiger partial charge is 0.410 e. The summed E-state index contributed by atoms with van der Waals surface area (Å²) in [6, 6.07) is 8.45. The molecule has 3 saturated carbocycles. The summed E-state index contributed by atoms with van der Waals surface area (Å²) in [5, 5.41) is 12.5. The summed E-state index contributed by atoms with van der Waals surface area (Å²) in [7, 11) is 5.33. The second kappa shape index (κ2) is 26.9. The fraction of sp³-hybridized carbons (Fsp3) is 0.706. The first-order valence-electron chi connectivity index (χ1n) is 23.8. The van der Waals surface area contributed by atoms with Crippen LogP contribution in [0.4, 0.5) is 14.4 Å². The molecule has 0 spiro atoms. The maximum atomic E-state index is 12.0. The van der Waals surface area contributed by atoms with Gasteiger partial charge in [0, 0.05) is 70.7 Å². The predicted molar refractivity (Wildman–Crippen MR) is 259 cm³/mol. The van der Waals surface area contributed by atoms with E-state index >= 15 is 0 Å². The van der Waals surface area contributed by atoms with Gasteiger partial charge in [-0.05, 0) is 181 Å². The Morgan fingerprint density at radius 3 is 1.39 bits per heavy atom. The highest BCUT2D eigenvalue weighted by atomic mass is 16.6. The number of aliphatic hydroxyl groups is 1. The van der Waals surface area contributed by atoms with E-state index < -0.39 is 16.8 Å². The van der Waals surface area contributed by atoms with Gasteiger partial charge in [-0.2, -0.15) is 0 Å². The van der Waals surface area contributed by atoms with Crippen molar-refractivity contribution in [2.75, 3.05) is 47.4 Å². The quantitative estimate of drug-likeness (QED) is 0.195. The molecule has 372 valence electrons. The first-order chi connectivity index (χ1) is 30.9. The Hall–Kier alpha value is -4.31. The number of hydrogen-bond acceptors (Lipinski definition) is 12. The van der Waals surface area contributed by atoms with Crippen LogP contribution in [0.2, 0.25) is 0 Å². The Kier molecular flexibility index (Phi) is 22.8. The molecule has 1 aliphatic heterocycles. The molecule has 0 radical (unpaired) electrons. The number of aromatic nitrogens is 2. The zero-order valence-electron chi connectivity index (χ0n) is 42.3. The van der Waals surface area contributed by atoms with E-state index in [4.69, 9.17) is 28.8 Å². The average molecular weight is 925 g/mol. The molecule has 3 heterocycles. The molecule has 2 N–H and O–H groups in total. The van der Waals surface area contributed by atoms with Crippen LogP contribution in [0, 0.1) is 5.92 Å². The number of carbonyl (C=O) groups excluding carboxylic acids is 3. The number of amides is 3. The molecular formula is C51H84N6O9. The molecule has 4 fully saturated rings. The van der Waals surface area contributed by atoms with E-state index in [9.17, 15) is 14.4 Å². The Morgan fingerprint density at radius 2 is 1.03 bits per heavy atom. The van der Waals surface area contributed by atoms with Gasteiger partial charge in [0.2, 0.25) is 0 Å². The number of rotatable bonds is 12. The molecular weight excluding hydrogens is 841 g/mol. The Morgan fingerprint density at radius 1 is 0.652 bits per heavy atom. The number of piperidine rings is 1. The van der Waals surface area contributed by atoms with E-state index in [2.05, 4.69) is 21.9 Å². The molecule has 3 aliphatic carbocycles. The van der Waals surface area contributed by atoms with Crippen LogP contribution in [0.3, 0.4) is 0 Å². The molecule has 15 heteroatoms. The van der Waals surface area contributed by atoms with Crippen molar-refractivity contribution in [3.8, 4) is 0 Å². The second-order valence-corrected chi connectivity index (χ2v) is 20.9. The van der Waals surface area contributed by atoms with Crippen LogP contribution in [-0.2, 0) is 30.1 Å². The molecule has 0 atom stereocenters. The van der Waals surface area contributed by atoms with Crippen molar-refractivity contribution in [2.45, 2.75) is 180 Å². The van der Waals surface area contributed by atoms with Crippen molar-refractivity contribution < 1.29 is 43.2 Å². The van der Waals surface area contributed by atoms with E-state index in [1.54, 1.807) is 59.7 Å². The van der Waals surface area contributed by atoms with Gasteiger partial charge in [0.25, 0.3) is 0 Å². The van der Waals surface area contributed by atoms with Gasteiger partial charge in [-0.3, -0.25) is 9.97 Å². The molecule has 3 amide bonds. The lowest BCUT2D eigenvalue weighted by molar-refractivity contribution is -0.0545. The highest BCUT2D eigenvalue weighted by Crippen LogP contribution is 2.31. The highest BCUT2D eigenvalue weighted by Gasteiger charge is 2.38. The highest BCUT2D eigenvalue weighted by molar-refractivity contribution is 5.69. The minimum absolute atomic E-state index is 0.139. The van der Waals surface area contributed by atoms with Gasteiger partial charge >= 0.3 is 18.3 Å².